The van der Waals surface area contributed by atoms with Crippen LogP contribution >= 0.6 is 0 Å². The van der Waals surface area contributed by atoms with E-state index in [1.54, 1.807) is 30.3 Å². The van der Waals surface area contributed by atoms with E-state index in [1.165, 1.54) is 26.4 Å². The molecule has 1 heterocycles. The van der Waals surface area contributed by atoms with Gasteiger partial charge in [-0.3, -0.25) is 4.79 Å². The van der Waals surface area contributed by atoms with Gasteiger partial charge >= 0.3 is 0 Å². The largest absolute Gasteiger partial charge is 0.497 e. The minimum Gasteiger partial charge on any atom is -0.497 e. The summed E-state index contributed by atoms with van der Waals surface area (Å²) in [7, 11) is 2.94. The second-order valence-electron chi connectivity index (χ2n) is 5.04. The molecule has 0 aliphatic carbocycles. The predicted molar refractivity (Wildman–Crippen MR) is 83.7 cm³/mol. The molecule has 0 saturated carbocycles. The van der Waals surface area contributed by atoms with Gasteiger partial charge in [0.15, 0.2) is 17.3 Å². The Labute approximate surface area is 133 Å². The van der Waals surface area contributed by atoms with Crippen LogP contribution in [-0.2, 0) is 0 Å². The number of fused-ring (bicyclic) bond motifs is 1. The van der Waals surface area contributed by atoms with Gasteiger partial charge in [-0.2, -0.15) is 0 Å². The Balaban J connectivity index is 1.95. The van der Waals surface area contributed by atoms with Crippen molar-refractivity contribution in [2.24, 2.45) is 0 Å². The smallest absolute Gasteiger partial charge is 0.196 e. The molecule has 0 N–H and O–H groups in total. The van der Waals surface area contributed by atoms with Crippen LogP contribution in [0, 0.1) is 5.82 Å². The monoisotopic (exact) mass is 314 g/mol. The maximum absolute atomic E-state index is 13.8. The molecule has 0 amide bonds. The molecule has 1 aliphatic heterocycles. The molecule has 4 nitrogen and oxygen atoms in total. The van der Waals surface area contributed by atoms with E-state index in [0.29, 0.717) is 28.2 Å². The molecule has 0 radical (unpaired) electrons. The Morgan fingerprint density at radius 3 is 2.65 bits per heavy atom. The van der Waals surface area contributed by atoms with Crippen LogP contribution in [0.4, 0.5) is 4.39 Å². The van der Waals surface area contributed by atoms with E-state index >= 15 is 0 Å². The molecular formula is C18H15FO4. The average molecular weight is 314 g/mol. The average Bonchev–Trinajstić information content (AvgIpc) is 2.57. The molecule has 0 atom stereocenters. The number of hydrogen-bond acceptors (Lipinski definition) is 4. The molecule has 118 valence electrons. The highest BCUT2D eigenvalue weighted by Crippen LogP contribution is 2.31. The van der Waals surface area contributed by atoms with Gasteiger partial charge in [-0.25, -0.2) is 4.39 Å². The van der Waals surface area contributed by atoms with Crippen molar-refractivity contribution in [2.75, 3.05) is 20.8 Å². The zero-order valence-electron chi connectivity index (χ0n) is 12.8. The summed E-state index contributed by atoms with van der Waals surface area (Å²) in [5, 5.41) is 0. The SMILES string of the molecule is COc1ccc2c(c1)C(=O)/C(=C/c1ccc(OC)c(F)c1)CO2. The third-order valence-corrected chi connectivity index (χ3v) is 3.62. The number of carbonyl (C=O) groups is 1. The summed E-state index contributed by atoms with van der Waals surface area (Å²) in [6, 6.07) is 9.60. The number of ketones is 1. The first kappa shape index (κ1) is 15.1. The lowest BCUT2D eigenvalue weighted by Gasteiger charge is -2.19. The van der Waals surface area contributed by atoms with Gasteiger partial charge in [-0.1, -0.05) is 6.07 Å². The zero-order chi connectivity index (χ0) is 16.4. The van der Waals surface area contributed by atoms with Crippen molar-refractivity contribution in [1.82, 2.24) is 0 Å². The Kier molecular flexibility index (Phi) is 4.02. The second kappa shape index (κ2) is 6.12. The van der Waals surface area contributed by atoms with Crippen molar-refractivity contribution in [2.45, 2.75) is 0 Å². The molecule has 0 bridgehead atoms. The fraction of sp³-hybridized carbons (Fsp3) is 0.167. The lowest BCUT2D eigenvalue weighted by atomic mass is 9.98. The van der Waals surface area contributed by atoms with Gasteiger partial charge in [0.1, 0.15) is 18.1 Å². The summed E-state index contributed by atoms with van der Waals surface area (Å²) in [6.07, 6.45) is 1.62. The summed E-state index contributed by atoms with van der Waals surface area (Å²) >= 11 is 0. The minimum absolute atomic E-state index is 0.145. The molecule has 0 saturated heterocycles. The number of carbonyl (C=O) groups excluding carboxylic acids is 1. The Morgan fingerprint density at radius 1 is 1.13 bits per heavy atom. The lowest BCUT2D eigenvalue weighted by molar-refractivity contribution is 0.100. The molecule has 0 spiro atoms. The van der Waals surface area contributed by atoms with E-state index < -0.39 is 5.82 Å². The fourth-order valence-electron chi connectivity index (χ4n) is 2.41. The molecule has 2 aromatic carbocycles. The summed E-state index contributed by atoms with van der Waals surface area (Å²) in [5.41, 5.74) is 1.47. The van der Waals surface area contributed by atoms with Gasteiger partial charge in [0.2, 0.25) is 0 Å². The summed E-state index contributed by atoms with van der Waals surface area (Å²) in [5.74, 6) is 0.634. The number of Topliss-reactive ketones (excluding diaryl/α,β-unsaturated/α-hetero) is 1. The molecule has 1 aliphatic rings. The van der Waals surface area contributed by atoms with Crippen molar-refractivity contribution in [3.63, 3.8) is 0 Å². The summed E-state index contributed by atoms with van der Waals surface area (Å²) in [4.78, 5) is 12.6. The maximum atomic E-state index is 13.8. The van der Waals surface area contributed by atoms with Crippen LogP contribution in [0.15, 0.2) is 42.0 Å². The highest BCUT2D eigenvalue weighted by molar-refractivity contribution is 6.14. The van der Waals surface area contributed by atoms with Crippen molar-refractivity contribution < 1.29 is 23.4 Å². The molecule has 5 heteroatoms. The van der Waals surface area contributed by atoms with Gasteiger partial charge in [0.05, 0.1) is 19.8 Å². The number of methoxy groups -OCH3 is 2. The topological polar surface area (TPSA) is 44.8 Å². The van der Waals surface area contributed by atoms with Crippen LogP contribution in [0.25, 0.3) is 6.08 Å². The van der Waals surface area contributed by atoms with E-state index in [-0.39, 0.29) is 18.1 Å². The van der Waals surface area contributed by atoms with Crippen LogP contribution < -0.4 is 14.2 Å². The van der Waals surface area contributed by atoms with E-state index in [2.05, 4.69) is 0 Å². The van der Waals surface area contributed by atoms with Crippen LogP contribution in [0.3, 0.4) is 0 Å². The number of halogens is 1. The lowest BCUT2D eigenvalue weighted by Crippen LogP contribution is -2.19. The highest BCUT2D eigenvalue weighted by Gasteiger charge is 2.24. The normalized spacial score (nSPS) is 15.1. The van der Waals surface area contributed by atoms with Crippen LogP contribution in [0.5, 0.6) is 17.2 Å². The van der Waals surface area contributed by atoms with E-state index in [9.17, 15) is 9.18 Å². The molecule has 0 aromatic heterocycles. The van der Waals surface area contributed by atoms with E-state index in [0.717, 1.165) is 0 Å². The van der Waals surface area contributed by atoms with Crippen LogP contribution in [0.1, 0.15) is 15.9 Å². The second-order valence-corrected chi connectivity index (χ2v) is 5.04. The first-order valence-corrected chi connectivity index (χ1v) is 7.02. The van der Waals surface area contributed by atoms with E-state index in [4.69, 9.17) is 14.2 Å². The van der Waals surface area contributed by atoms with Gasteiger partial charge in [-0.15, -0.1) is 0 Å². The van der Waals surface area contributed by atoms with Crippen molar-refractivity contribution >= 4 is 11.9 Å². The third kappa shape index (κ3) is 2.90. The Bertz CT molecular complexity index is 796. The molecule has 23 heavy (non-hydrogen) atoms. The Hall–Kier alpha value is -2.82. The zero-order valence-corrected chi connectivity index (χ0v) is 12.8. The van der Waals surface area contributed by atoms with Gasteiger partial charge in [0, 0.05) is 5.57 Å². The predicted octanol–water partition coefficient (Wildman–Crippen LogP) is 3.50. The molecule has 3 rings (SSSR count). The molecular weight excluding hydrogens is 299 g/mol. The summed E-state index contributed by atoms with van der Waals surface area (Å²) in [6.45, 7) is 0.145. The van der Waals surface area contributed by atoms with Gasteiger partial charge in [-0.05, 0) is 42.0 Å². The minimum atomic E-state index is -0.479. The first-order valence-electron chi connectivity index (χ1n) is 7.02. The number of ether oxygens (including phenoxy) is 3. The number of hydrogen-bond donors (Lipinski definition) is 0. The quantitative estimate of drug-likeness (QED) is 0.813. The number of benzene rings is 2. The third-order valence-electron chi connectivity index (χ3n) is 3.62. The van der Waals surface area contributed by atoms with E-state index in [1.807, 2.05) is 0 Å². The molecule has 0 unspecified atom stereocenters. The fourth-order valence-corrected chi connectivity index (χ4v) is 2.41. The van der Waals surface area contributed by atoms with Gasteiger partial charge < -0.3 is 14.2 Å². The highest BCUT2D eigenvalue weighted by atomic mass is 19.1. The number of rotatable bonds is 3. The molecule has 0 fully saturated rings. The standard InChI is InChI=1S/C18H15FO4/c1-21-13-4-6-16-14(9-13)18(20)12(10-23-16)7-11-3-5-17(22-2)15(19)8-11/h3-9H,10H2,1-2H3/b12-7+. The molecule has 2 aromatic rings. The summed E-state index contributed by atoms with van der Waals surface area (Å²) < 4.78 is 29.4. The van der Waals surface area contributed by atoms with Crippen LogP contribution in [0.2, 0.25) is 0 Å². The van der Waals surface area contributed by atoms with Crippen molar-refractivity contribution in [3.8, 4) is 17.2 Å². The van der Waals surface area contributed by atoms with Gasteiger partial charge in [0.25, 0.3) is 0 Å². The van der Waals surface area contributed by atoms with Crippen molar-refractivity contribution in [1.29, 1.82) is 0 Å². The Morgan fingerprint density at radius 2 is 1.96 bits per heavy atom. The first-order chi connectivity index (χ1) is 11.1. The van der Waals surface area contributed by atoms with Crippen molar-refractivity contribution in [3.05, 3.63) is 58.9 Å². The van der Waals surface area contributed by atoms with Crippen LogP contribution in [-0.4, -0.2) is 26.6 Å². The maximum Gasteiger partial charge on any atom is 0.196 e.